The second-order valence-electron chi connectivity index (χ2n) is 3.71. The summed E-state index contributed by atoms with van der Waals surface area (Å²) in [6, 6.07) is 4.85. The highest BCUT2D eigenvalue weighted by atomic mass is 79.9. The van der Waals surface area contributed by atoms with Crippen LogP contribution >= 0.6 is 15.9 Å². The Balaban J connectivity index is 2.64. The van der Waals surface area contributed by atoms with Crippen LogP contribution in [0.25, 0.3) is 0 Å². The van der Waals surface area contributed by atoms with E-state index in [0.29, 0.717) is 15.7 Å². The van der Waals surface area contributed by atoms with Crippen LogP contribution in [0.3, 0.4) is 0 Å². The van der Waals surface area contributed by atoms with Crippen LogP contribution in [0.1, 0.15) is 10.4 Å². The molecule has 17 heavy (non-hydrogen) atoms. The maximum Gasteiger partial charge on any atom is 0.251 e. The Labute approximate surface area is 108 Å². The molecule has 0 fully saturated rings. The number of anilines is 1. The summed E-state index contributed by atoms with van der Waals surface area (Å²) in [5.74, 6) is -0.464. The summed E-state index contributed by atoms with van der Waals surface area (Å²) in [6.07, 6.45) is 0. The molecule has 0 radical (unpaired) electrons. The highest BCUT2D eigenvalue weighted by Gasteiger charge is 2.10. The third-order valence-corrected chi connectivity index (χ3v) is 2.85. The molecule has 0 saturated heterocycles. The van der Waals surface area contributed by atoms with Gasteiger partial charge in [0.1, 0.15) is 0 Å². The van der Waals surface area contributed by atoms with E-state index in [0.717, 1.165) is 0 Å². The minimum absolute atomic E-state index is 0.0200. The minimum Gasteiger partial charge on any atom is -0.398 e. The normalized spacial score (nSPS) is 9.82. The van der Waals surface area contributed by atoms with Crippen molar-refractivity contribution in [3.05, 3.63) is 28.2 Å². The average Bonchev–Trinajstić information content (AvgIpc) is 2.28. The fourth-order valence-electron chi connectivity index (χ4n) is 1.08. The molecule has 2 amide bonds. The molecule has 5 nitrogen and oxygen atoms in total. The van der Waals surface area contributed by atoms with Crippen LogP contribution in [0, 0.1) is 0 Å². The monoisotopic (exact) mass is 299 g/mol. The second kappa shape index (κ2) is 5.67. The van der Waals surface area contributed by atoms with Crippen molar-refractivity contribution in [3.63, 3.8) is 0 Å². The van der Waals surface area contributed by atoms with Crippen LogP contribution < -0.4 is 11.1 Å². The number of halogens is 1. The largest absolute Gasteiger partial charge is 0.398 e. The Morgan fingerprint density at radius 1 is 1.41 bits per heavy atom. The summed E-state index contributed by atoms with van der Waals surface area (Å²) in [6.45, 7) is -0.0200. The van der Waals surface area contributed by atoms with Gasteiger partial charge in [0.05, 0.1) is 6.54 Å². The summed E-state index contributed by atoms with van der Waals surface area (Å²) < 4.78 is 0.657. The van der Waals surface area contributed by atoms with Crippen LogP contribution in [0.15, 0.2) is 22.7 Å². The summed E-state index contributed by atoms with van der Waals surface area (Å²) in [5.41, 5.74) is 6.63. The topological polar surface area (TPSA) is 75.4 Å². The van der Waals surface area contributed by atoms with Gasteiger partial charge in [0.2, 0.25) is 5.91 Å². The van der Waals surface area contributed by atoms with Crippen LogP contribution in [-0.4, -0.2) is 37.4 Å². The van der Waals surface area contributed by atoms with Gasteiger partial charge in [-0.05, 0) is 34.1 Å². The molecule has 0 bridgehead atoms. The van der Waals surface area contributed by atoms with E-state index in [-0.39, 0.29) is 18.4 Å². The molecule has 0 aliphatic heterocycles. The highest BCUT2D eigenvalue weighted by Crippen LogP contribution is 2.20. The molecule has 92 valence electrons. The van der Waals surface area contributed by atoms with E-state index in [1.807, 2.05) is 0 Å². The van der Waals surface area contributed by atoms with Gasteiger partial charge >= 0.3 is 0 Å². The van der Waals surface area contributed by atoms with Gasteiger partial charge < -0.3 is 16.0 Å². The lowest BCUT2D eigenvalue weighted by Crippen LogP contribution is -2.36. The Kier molecular flexibility index (Phi) is 4.51. The van der Waals surface area contributed by atoms with Gasteiger partial charge in [-0.15, -0.1) is 0 Å². The molecule has 0 unspecified atom stereocenters. The average molecular weight is 300 g/mol. The van der Waals surface area contributed by atoms with Crippen molar-refractivity contribution in [1.29, 1.82) is 0 Å². The lowest BCUT2D eigenvalue weighted by Gasteiger charge is -2.11. The van der Waals surface area contributed by atoms with Crippen LogP contribution in [0.5, 0.6) is 0 Å². The van der Waals surface area contributed by atoms with Gasteiger partial charge in [0.15, 0.2) is 0 Å². The SMILES string of the molecule is CN(C)C(=O)CNC(=O)c1ccc(N)c(Br)c1. The van der Waals surface area contributed by atoms with Gasteiger partial charge in [0, 0.05) is 29.8 Å². The van der Waals surface area contributed by atoms with Crippen molar-refractivity contribution >= 4 is 33.4 Å². The minimum atomic E-state index is -0.305. The molecule has 1 aromatic carbocycles. The zero-order valence-corrected chi connectivity index (χ0v) is 11.2. The number of nitrogens with two attached hydrogens (primary N) is 1. The van der Waals surface area contributed by atoms with E-state index in [1.165, 1.54) is 4.90 Å². The standard InChI is InChI=1S/C11H14BrN3O2/c1-15(2)10(16)6-14-11(17)7-3-4-9(13)8(12)5-7/h3-5H,6,13H2,1-2H3,(H,14,17). The number of nitrogen functional groups attached to an aromatic ring is 1. The molecule has 0 aliphatic rings. The van der Waals surface area contributed by atoms with Gasteiger partial charge in [-0.25, -0.2) is 0 Å². The number of hydrogen-bond donors (Lipinski definition) is 2. The second-order valence-corrected chi connectivity index (χ2v) is 4.56. The molecule has 6 heteroatoms. The summed E-state index contributed by atoms with van der Waals surface area (Å²) >= 11 is 3.24. The number of benzene rings is 1. The molecular weight excluding hydrogens is 286 g/mol. The van der Waals surface area contributed by atoms with Gasteiger partial charge in [-0.3, -0.25) is 9.59 Å². The first-order chi connectivity index (χ1) is 7.91. The van der Waals surface area contributed by atoms with E-state index in [4.69, 9.17) is 5.73 Å². The van der Waals surface area contributed by atoms with Crippen molar-refractivity contribution < 1.29 is 9.59 Å². The molecule has 0 saturated carbocycles. The van der Waals surface area contributed by atoms with E-state index in [9.17, 15) is 9.59 Å². The summed E-state index contributed by atoms with van der Waals surface area (Å²) in [5, 5.41) is 2.53. The number of amides is 2. The Hall–Kier alpha value is -1.56. The first-order valence-corrected chi connectivity index (χ1v) is 5.74. The van der Waals surface area contributed by atoms with Crippen molar-refractivity contribution in [2.45, 2.75) is 0 Å². The lowest BCUT2D eigenvalue weighted by molar-refractivity contribution is -0.127. The molecule has 0 atom stereocenters. The first-order valence-electron chi connectivity index (χ1n) is 4.95. The molecule has 0 aromatic heterocycles. The van der Waals surface area contributed by atoms with Crippen molar-refractivity contribution in [2.75, 3.05) is 26.4 Å². The number of hydrogen-bond acceptors (Lipinski definition) is 3. The van der Waals surface area contributed by atoms with Crippen LogP contribution in [0.2, 0.25) is 0 Å². The first kappa shape index (κ1) is 13.5. The fourth-order valence-corrected chi connectivity index (χ4v) is 1.46. The Morgan fingerprint density at radius 3 is 2.59 bits per heavy atom. The van der Waals surface area contributed by atoms with E-state index >= 15 is 0 Å². The van der Waals surface area contributed by atoms with Crippen LogP contribution in [0.4, 0.5) is 5.69 Å². The fraction of sp³-hybridized carbons (Fsp3) is 0.273. The van der Waals surface area contributed by atoms with Crippen molar-refractivity contribution in [1.82, 2.24) is 10.2 Å². The van der Waals surface area contributed by atoms with Gasteiger partial charge in [-0.1, -0.05) is 0 Å². The predicted molar refractivity (Wildman–Crippen MR) is 69.6 cm³/mol. The number of rotatable bonds is 3. The Morgan fingerprint density at radius 2 is 2.06 bits per heavy atom. The predicted octanol–water partition coefficient (Wildman–Crippen LogP) is 0.849. The molecule has 0 spiro atoms. The van der Waals surface area contributed by atoms with Gasteiger partial charge in [-0.2, -0.15) is 0 Å². The number of carbonyl (C=O) groups excluding carboxylic acids is 2. The number of likely N-dealkylation sites (N-methyl/N-ethyl adjacent to an activating group) is 1. The molecular formula is C11H14BrN3O2. The maximum absolute atomic E-state index is 11.7. The van der Waals surface area contributed by atoms with E-state index < -0.39 is 0 Å². The molecule has 0 aliphatic carbocycles. The molecule has 1 aromatic rings. The smallest absolute Gasteiger partial charge is 0.251 e. The summed E-state index contributed by atoms with van der Waals surface area (Å²) in [7, 11) is 3.27. The third-order valence-electron chi connectivity index (χ3n) is 2.16. The number of nitrogens with one attached hydrogen (secondary N) is 1. The molecule has 0 heterocycles. The zero-order chi connectivity index (χ0) is 13.0. The van der Waals surface area contributed by atoms with Gasteiger partial charge in [0.25, 0.3) is 5.91 Å². The summed E-state index contributed by atoms with van der Waals surface area (Å²) in [4.78, 5) is 24.4. The van der Waals surface area contributed by atoms with Crippen molar-refractivity contribution in [2.24, 2.45) is 0 Å². The number of carbonyl (C=O) groups is 2. The Bertz CT molecular complexity index is 446. The van der Waals surface area contributed by atoms with Crippen molar-refractivity contribution in [3.8, 4) is 0 Å². The highest BCUT2D eigenvalue weighted by molar-refractivity contribution is 9.10. The third kappa shape index (κ3) is 3.74. The molecule has 1 rings (SSSR count). The quantitative estimate of drug-likeness (QED) is 0.813. The maximum atomic E-state index is 11.7. The van der Waals surface area contributed by atoms with E-state index in [2.05, 4.69) is 21.2 Å². The van der Waals surface area contributed by atoms with Crippen LogP contribution in [-0.2, 0) is 4.79 Å². The number of nitrogens with zero attached hydrogens (tertiary/aromatic N) is 1. The lowest BCUT2D eigenvalue weighted by atomic mass is 10.2. The molecule has 3 N–H and O–H groups in total. The van der Waals surface area contributed by atoms with E-state index in [1.54, 1.807) is 32.3 Å². The zero-order valence-electron chi connectivity index (χ0n) is 9.66.